The number of likely N-dealkylation sites (N-methyl/N-ethyl adjacent to an activating group) is 1. The molecule has 0 spiro atoms. The lowest BCUT2D eigenvalue weighted by Gasteiger charge is -2.55. The maximum Gasteiger partial charge on any atom is 0.334 e. The molecule has 2 atom stereocenters. The van der Waals surface area contributed by atoms with E-state index in [-0.39, 0.29) is 30.3 Å². The molecule has 3 aromatic carbocycles. The lowest BCUT2D eigenvalue weighted by Crippen LogP contribution is -2.74. The van der Waals surface area contributed by atoms with Crippen LogP contribution in [0, 0.1) is 0 Å². The summed E-state index contributed by atoms with van der Waals surface area (Å²) < 4.78 is 5.54. The number of carbonyl (C=O) groups excluding carboxylic acids is 2. The van der Waals surface area contributed by atoms with Crippen LogP contribution >= 0.6 is 0 Å². The van der Waals surface area contributed by atoms with Crippen molar-refractivity contribution < 1.29 is 19.4 Å². The van der Waals surface area contributed by atoms with E-state index in [1.807, 2.05) is 47.4 Å². The summed E-state index contributed by atoms with van der Waals surface area (Å²) >= 11 is 0. The van der Waals surface area contributed by atoms with Crippen LogP contribution in [0.25, 0.3) is 0 Å². The van der Waals surface area contributed by atoms with Crippen LogP contribution in [-0.4, -0.2) is 102 Å². The molecule has 0 bridgehead atoms. The summed E-state index contributed by atoms with van der Waals surface area (Å²) in [4.78, 5) is 33.9. The molecule has 0 radical (unpaired) electrons. The van der Waals surface area contributed by atoms with Crippen molar-refractivity contribution in [2.45, 2.75) is 31.7 Å². The average Bonchev–Trinajstić information content (AvgIpc) is 3.02. The van der Waals surface area contributed by atoms with E-state index in [0.29, 0.717) is 32.6 Å². The molecule has 0 saturated carbocycles. The van der Waals surface area contributed by atoms with E-state index >= 15 is 0 Å². The number of benzene rings is 3. The van der Waals surface area contributed by atoms with Crippen molar-refractivity contribution in [1.29, 1.82) is 0 Å². The first-order chi connectivity index (χ1) is 20.9. The third-order valence-electron chi connectivity index (χ3n) is 8.50. The number of nitrogens with one attached hydrogen (secondary N) is 1. The molecule has 3 heterocycles. The number of fused-ring (bicyclic) bond motifs is 1. The van der Waals surface area contributed by atoms with E-state index in [1.165, 1.54) is 11.3 Å². The molecular formula is C33H40N6O4. The van der Waals surface area contributed by atoms with Crippen LogP contribution in [0.5, 0.6) is 5.75 Å². The van der Waals surface area contributed by atoms with Gasteiger partial charge in [-0.1, -0.05) is 54.6 Å². The molecule has 3 saturated heterocycles. The Morgan fingerprint density at radius 3 is 2.44 bits per heavy atom. The van der Waals surface area contributed by atoms with Gasteiger partial charge in [-0.15, -0.1) is 0 Å². The number of amides is 3. The van der Waals surface area contributed by atoms with Crippen LogP contribution in [-0.2, 0) is 29.0 Å². The topological polar surface area (TPSA) is 91.8 Å². The third kappa shape index (κ3) is 6.77. The number of nitrogens with zero attached hydrogens (tertiary/aromatic N) is 5. The lowest BCUT2D eigenvalue weighted by atomic mass is 9.99. The van der Waals surface area contributed by atoms with Crippen LogP contribution < -0.4 is 10.2 Å². The number of rotatable bonds is 7. The highest BCUT2D eigenvalue weighted by molar-refractivity contribution is 5.83. The largest absolute Gasteiger partial charge is 0.508 e. The van der Waals surface area contributed by atoms with E-state index < -0.39 is 6.17 Å². The Balaban J connectivity index is 1.25. The van der Waals surface area contributed by atoms with Gasteiger partial charge in [0, 0.05) is 52.0 Å². The van der Waals surface area contributed by atoms with E-state index in [4.69, 9.17) is 4.74 Å². The number of anilines is 1. The highest BCUT2D eigenvalue weighted by atomic mass is 16.5. The molecule has 3 aliphatic heterocycles. The normalized spacial score (nSPS) is 21.5. The maximum absolute atomic E-state index is 13.7. The minimum atomic E-state index is -0.458. The molecule has 6 rings (SSSR count). The van der Waals surface area contributed by atoms with Gasteiger partial charge in [-0.3, -0.25) is 9.69 Å². The number of hydrogen-bond donors (Lipinski definition) is 2. The zero-order valence-corrected chi connectivity index (χ0v) is 24.6. The summed E-state index contributed by atoms with van der Waals surface area (Å²) in [6.45, 7) is 5.65. The fourth-order valence-electron chi connectivity index (χ4n) is 6.44. The van der Waals surface area contributed by atoms with Crippen LogP contribution in [0.15, 0.2) is 78.9 Å². The minimum absolute atomic E-state index is 0.0114. The number of phenols is 1. The second-order valence-electron chi connectivity index (χ2n) is 11.6. The second-order valence-corrected chi connectivity index (χ2v) is 11.6. The molecule has 10 heteroatoms. The standard InChI is InChI=1S/C33H40N6O4/c1-35-24-32(41)38-29(18-25-10-12-30(40)13-11-25)22-36(21-27-8-5-9-28(19-27)37-14-16-43-17-15-37)23-31(38)39(35)33(42)34-20-26-6-3-2-4-7-26/h2-13,19,29,31,40H,14-18,20-24H2,1H3,(H,34,42)/t29-,31-/m0/s1. The Morgan fingerprint density at radius 1 is 0.930 bits per heavy atom. The van der Waals surface area contributed by atoms with Gasteiger partial charge >= 0.3 is 6.03 Å². The van der Waals surface area contributed by atoms with Crippen molar-refractivity contribution in [3.63, 3.8) is 0 Å². The van der Waals surface area contributed by atoms with Gasteiger partial charge in [-0.25, -0.2) is 14.8 Å². The van der Waals surface area contributed by atoms with Crippen LogP contribution in [0.3, 0.4) is 0 Å². The van der Waals surface area contributed by atoms with Gasteiger partial charge in [0.05, 0.1) is 25.8 Å². The van der Waals surface area contributed by atoms with Crippen molar-refractivity contribution in [1.82, 2.24) is 25.1 Å². The fraction of sp³-hybridized carbons (Fsp3) is 0.394. The Labute approximate surface area is 253 Å². The van der Waals surface area contributed by atoms with Gasteiger partial charge in [0.1, 0.15) is 11.9 Å². The summed E-state index contributed by atoms with van der Waals surface area (Å²) in [5.41, 5.74) is 4.43. The number of urea groups is 1. The van der Waals surface area contributed by atoms with Gasteiger partial charge in [0.15, 0.2) is 0 Å². The highest BCUT2D eigenvalue weighted by Crippen LogP contribution is 2.29. The molecule has 0 unspecified atom stereocenters. The minimum Gasteiger partial charge on any atom is -0.508 e. The number of piperazine rings is 1. The van der Waals surface area contributed by atoms with Gasteiger partial charge in [0.25, 0.3) is 0 Å². The number of aromatic hydroxyl groups is 1. The van der Waals surface area contributed by atoms with Crippen LogP contribution in [0.4, 0.5) is 10.5 Å². The monoisotopic (exact) mass is 584 g/mol. The van der Waals surface area contributed by atoms with Gasteiger partial charge in [-0.2, -0.15) is 0 Å². The first-order valence-corrected chi connectivity index (χ1v) is 15.0. The fourth-order valence-corrected chi connectivity index (χ4v) is 6.44. The molecule has 0 aliphatic carbocycles. The zero-order chi connectivity index (χ0) is 29.8. The summed E-state index contributed by atoms with van der Waals surface area (Å²) in [5, 5.41) is 16.4. The SMILES string of the molecule is CN1CC(=O)N2[C@@H](Cc3ccc(O)cc3)CN(Cc3cccc(N4CCOCC4)c3)C[C@@H]2N1C(=O)NCc1ccccc1. The van der Waals surface area contributed by atoms with E-state index in [9.17, 15) is 14.7 Å². The van der Waals surface area contributed by atoms with Gasteiger partial charge in [0.2, 0.25) is 5.91 Å². The molecule has 0 aromatic heterocycles. The number of hydrogen-bond acceptors (Lipinski definition) is 7. The summed E-state index contributed by atoms with van der Waals surface area (Å²) in [6, 6.07) is 25.3. The second kappa shape index (κ2) is 13.0. The molecule has 226 valence electrons. The van der Waals surface area contributed by atoms with Crippen molar-refractivity contribution in [3.8, 4) is 5.75 Å². The van der Waals surface area contributed by atoms with Crippen LogP contribution in [0.1, 0.15) is 16.7 Å². The van der Waals surface area contributed by atoms with E-state index in [0.717, 1.165) is 37.4 Å². The van der Waals surface area contributed by atoms with Gasteiger partial charge in [-0.05, 0) is 47.4 Å². The van der Waals surface area contributed by atoms with E-state index in [2.05, 4.69) is 39.4 Å². The number of phenolic OH excluding ortho intramolecular Hbond substituents is 1. The van der Waals surface area contributed by atoms with Crippen molar-refractivity contribution >= 4 is 17.6 Å². The molecule has 3 amide bonds. The molecule has 2 N–H and O–H groups in total. The molecule has 3 aliphatic rings. The quantitative estimate of drug-likeness (QED) is 0.441. The number of carbonyl (C=O) groups is 2. The zero-order valence-electron chi connectivity index (χ0n) is 24.6. The number of ether oxygens (including phenoxy) is 1. The smallest absolute Gasteiger partial charge is 0.334 e. The first kappa shape index (κ1) is 29.0. The first-order valence-electron chi connectivity index (χ1n) is 15.0. The van der Waals surface area contributed by atoms with Crippen molar-refractivity contribution in [3.05, 3.63) is 95.6 Å². The molecular weight excluding hydrogens is 544 g/mol. The third-order valence-corrected chi connectivity index (χ3v) is 8.50. The summed E-state index contributed by atoms with van der Waals surface area (Å²) in [7, 11) is 1.80. The lowest BCUT2D eigenvalue weighted by molar-refractivity contribution is -0.180. The Morgan fingerprint density at radius 2 is 1.67 bits per heavy atom. The molecule has 3 aromatic rings. The van der Waals surface area contributed by atoms with Gasteiger partial charge < -0.3 is 25.0 Å². The van der Waals surface area contributed by atoms with Crippen molar-refractivity contribution in [2.75, 3.05) is 57.9 Å². The number of hydrazine groups is 1. The highest BCUT2D eigenvalue weighted by Gasteiger charge is 2.47. The summed E-state index contributed by atoms with van der Waals surface area (Å²) in [5.74, 6) is 0.223. The molecule has 3 fully saturated rings. The Hall–Kier alpha value is -4.12. The predicted octanol–water partition coefficient (Wildman–Crippen LogP) is 2.88. The number of morpholine rings is 1. The average molecular weight is 585 g/mol. The van der Waals surface area contributed by atoms with E-state index in [1.54, 1.807) is 29.2 Å². The van der Waals surface area contributed by atoms with Crippen LogP contribution in [0.2, 0.25) is 0 Å². The van der Waals surface area contributed by atoms with Crippen molar-refractivity contribution in [2.24, 2.45) is 0 Å². The maximum atomic E-state index is 13.7. The molecule has 10 nitrogen and oxygen atoms in total. The Kier molecular flexibility index (Phi) is 8.78. The predicted molar refractivity (Wildman–Crippen MR) is 164 cm³/mol. The molecule has 43 heavy (non-hydrogen) atoms. The summed E-state index contributed by atoms with van der Waals surface area (Å²) in [6.07, 6.45) is 0.163. The Bertz CT molecular complexity index is 1400.